The van der Waals surface area contributed by atoms with Crippen molar-refractivity contribution >= 4 is 5.78 Å². The summed E-state index contributed by atoms with van der Waals surface area (Å²) in [7, 11) is 0. The molecule has 0 amide bonds. The van der Waals surface area contributed by atoms with Crippen LogP contribution >= 0.6 is 0 Å². The van der Waals surface area contributed by atoms with Gasteiger partial charge in [0.1, 0.15) is 11.6 Å². The molecule has 1 aromatic carbocycles. The second kappa shape index (κ2) is 3.91. The molecule has 3 heteroatoms. The van der Waals surface area contributed by atoms with Crippen LogP contribution in [0.2, 0.25) is 0 Å². The first kappa shape index (κ1) is 10.9. The monoisotopic (exact) mass is 234 g/mol. The van der Waals surface area contributed by atoms with Gasteiger partial charge in [0, 0.05) is 19.6 Å². The van der Waals surface area contributed by atoms with Crippen molar-refractivity contribution in [2.45, 2.75) is 31.1 Å². The molecule has 2 aliphatic rings. The highest BCUT2D eigenvalue weighted by molar-refractivity contribution is 5.92. The lowest BCUT2D eigenvalue weighted by Gasteiger charge is -2.40. The molecule has 0 unspecified atom stereocenters. The van der Waals surface area contributed by atoms with Gasteiger partial charge >= 0.3 is 0 Å². The average molecular weight is 234 g/mol. The quantitative estimate of drug-likeness (QED) is 0.689. The van der Waals surface area contributed by atoms with E-state index < -0.39 is 5.41 Å². The Balaban J connectivity index is 2.16. The fraction of sp³-hybridized carbons (Fsp3) is 0.500. The SMILES string of the molecule is O=C1CCc2c(F)cccc2C12CCOCC2. The molecule has 3 rings (SSSR count). The summed E-state index contributed by atoms with van der Waals surface area (Å²) in [5, 5.41) is 0. The van der Waals surface area contributed by atoms with Crippen molar-refractivity contribution in [1.82, 2.24) is 0 Å². The molecule has 2 nitrogen and oxygen atoms in total. The van der Waals surface area contributed by atoms with E-state index in [9.17, 15) is 9.18 Å². The van der Waals surface area contributed by atoms with Gasteiger partial charge in [-0.1, -0.05) is 12.1 Å². The highest BCUT2D eigenvalue weighted by Gasteiger charge is 2.45. The minimum atomic E-state index is -0.464. The normalized spacial score (nSPS) is 22.5. The van der Waals surface area contributed by atoms with Crippen LogP contribution in [0.4, 0.5) is 4.39 Å². The fourth-order valence-electron chi connectivity index (χ4n) is 3.16. The Morgan fingerprint density at radius 2 is 1.94 bits per heavy atom. The zero-order valence-corrected chi connectivity index (χ0v) is 9.67. The summed E-state index contributed by atoms with van der Waals surface area (Å²) >= 11 is 0. The van der Waals surface area contributed by atoms with Crippen LogP contribution in [0, 0.1) is 5.82 Å². The smallest absolute Gasteiger partial charge is 0.143 e. The van der Waals surface area contributed by atoms with Crippen molar-refractivity contribution in [3.8, 4) is 0 Å². The van der Waals surface area contributed by atoms with Crippen molar-refractivity contribution in [3.63, 3.8) is 0 Å². The van der Waals surface area contributed by atoms with Gasteiger partial charge < -0.3 is 4.74 Å². The average Bonchev–Trinajstić information content (AvgIpc) is 2.36. The van der Waals surface area contributed by atoms with Crippen molar-refractivity contribution in [2.24, 2.45) is 0 Å². The van der Waals surface area contributed by atoms with Gasteiger partial charge in [0.2, 0.25) is 0 Å². The van der Waals surface area contributed by atoms with Gasteiger partial charge in [0.15, 0.2) is 0 Å². The van der Waals surface area contributed by atoms with E-state index in [4.69, 9.17) is 4.74 Å². The number of ether oxygens (including phenoxy) is 1. The molecule has 0 N–H and O–H groups in total. The van der Waals surface area contributed by atoms with Crippen molar-refractivity contribution < 1.29 is 13.9 Å². The van der Waals surface area contributed by atoms with Crippen LogP contribution in [0.5, 0.6) is 0 Å². The number of halogens is 1. The third-order valence-corrected chi connectivity index (χ3v) is 4.12. The Morgan fingerprint density at radius 1 is 1.18 bits per heavy atom. The summed E-state index contributed by atoms with van der Waals surface area (Å²) < 4.78 is 19.1. The number of benzene rings is 1. The maximum Gasteiger partial charge on any atom is 0.143 e. The lowest BCUT2D eigenvalue weighted by Crippen LogP contribution is -2.44. The van der Waals surface area contributed by atoms with Crippen LogP contribution in [-0.4, -0.2) is 19.0 Å². The summed E-state index contributed by atoms with van der Waals surface area (Å²) in [6.45, 7) is 1.20. The van der Waals surface area contributed by atoms with Crippen LogP contribution in [0.1, 0.15) is 30.4 Å². The zero-order chi connectivity index (χ0) is 11.9. The first-order valence-electron chi connectivity index (χ1n) is 6.13. The van der Waals surface area contributed by atoms with Crippen molar-refractivity contribution in [2.75, 3.05) is 13.2 Å². The molecule has 1 heterocycles. The molecule has 0 saturated carbocycles. The number of carbonyl (C=O) groups excluding carboxylic acids is 1. The lowest BCUT2D eigenvalue weighted by molar-refractivity contribution is -0.129. The lowest BCUT2D eigenvalue weighted by atomic mass is 9.65. The summed E-state index contributed by atoms with van der Waals surface area (Å²) in [6.07, 6.45) is 2.40. The maximum atomic E-state index is 13.8. The van der Waals surface area contributed by atoms with E-state index in [-0.39, 0.29) is 11.6 Å². The molecule has 0 radical (unpaired) electrons. The van der Waals surface area contributed by atoms with E-state index in [1.807, 2.05) is 6.07 Å². The first-order chi connectivity index (χ1) is 8.24. The molecule has 1 aliphatic carbocycles. The molecule has 1 fully saturated rings. The van der Waals surface area contributed by atoms with E-state index in [1.54, 1.807) is 6.07 Å². The Morgan fingerprint density at radius 3 is 2.71 bits per heavy atom. The molecule has 1 spiro atoms. The van der Waals surface area contributed by atoms with E-state index in [2.05, 4.69) is 0 Å². The van der Waals surface area contributed by atoms with Gasteiger partial charge in [-0.2, -0.15) is 0 Å². The molecule has 0 bridgehead atoms. The molecular formula is C14H15FO2. The van der Waals surface area contributed by atoms with Crippen LogP contribution in [0.25, 0.3) is 0 Å². The van der Waals surface area contributed by atoms with Crippen LogP contribution in [-0.2, 0) is 21.4 Å². The van der Waals surface area contributed by atoms with Gasteiger partial charge in [-0.3, -0.25) is 4.79 Å². The molecule has 1 saturated heterocycles. The summed E-state index contributed by atoms with van der Waals surface area (Å²) in [6, 6.07) is 5.12. The van der Waals surface area contributed by atoms with Gasteiger partial charge in [0.25, 0.3) is 0 Å². The predicted molar refractivity (Wildman–Crippen MR) is 61.5 cm³/mol. The van der Waals surface area contributed by atoms with Gasteiger partial charge in [0.05, 0.1) is 5.41 Å². The number of carbonyl (C=O) groups is 1. The Labute approximate surface area is 99.8 Å². The number of hydrogen-bond acceptors (Lipinski definition) is 2. The van der Waals surface area contributed by atoms with Gasteiger partial charge in [-0.15, -0.1) is 0 Å². The first-order valence-corrected chi connectivity index (χ1v) is 6.13. The fourth-order valence-corrected chi connectivity index (χ4v) is 3.16. The molecule has 0 atom stereocenters. The van der Waals surface area contributed by atoms with E-state index in [1.165, 1.54) is 6.07 Å². The summed E-state index contributed by atoms with van der Waals surface area (Å²) in [5.41, 5.74) is 1.19. The number of ketones is 1. The highest BCUT2D eigenvalue weighted by atomic mass is 19.1. The minimum Gasteiger partial charge on any atom is -0.381 e. The highest BCUT2D eigenvalue weighted by Crippen LogP contribution is 2.42. The zero-order valence-electron chi connectivity index (χ0n) is 9.67. The molecule has 17 heavy (non-hydrogen) atoms. The van der Waals surface area contributed by atoms with E-state index in [0.717, 1.165) is 11.1 Å². The molecule has 0 aromatic heterocycles. The number of fused-ring (bicyclic) bond motifs is 2. The van der Waals surface area contributed by atoms with E-state index >= 15 is 0 Å². The molecule has 90 valence electrons. The predicted octanol–water partition coefficient (Wildman–Crippen LogP) is 2.39. The van der Waals surface area contributed by atoms with Crippen molar-refractivity contribution in [1.29, 1.82) is 0 Å². The van der Waals surface area contributed by atoms with Crippen molar-refractivity contribution in [3.05, 3.63) is 35.1 Å². The Kier molecular flexibility index (Phi) is 2.51. The Hall–Kier alpha value is -1.22. The van der Waals surface area contributed by atoms with E-state index in [0.29, 0.717) is 38.9 Å². The second-order valence-electron chi connectivity index (χ2n) is 4.88. The standard InChI is InChI=1S/C14H15FO2/c15-12-3-1-2-11-10(12)4-5-13(16)14(11)6-8-17-9-7-14/h1-3H,4-9H2. The van der Waals surface area contributed by atoms with Gasteiger partial charge in [-0.25, -0.2) is 4.39 Å². The van der Waals surface area contributed by atoms with Crippen LogP contribution in [0.15, 0.2) is 18.2 Å². The summed E-state index contributed by atoms with van der Waals surface area (Å²) in [5.74, 6) is 0.0970. The second-order valence-corrected chi connectivity index (χ2v) is 4.88. The molecule has 1 aromatic rings. The minimum absolute atomic E-state index is 0.166. The third kappa shape index (κ3) is 1.53. The van der Waals surface area contributed by atoms with Crippen LogP contribution in [0.3, 0.4) is 0 Å². The number of rotatable bonds is 0. The number of hydrogen-bond donors (Lipinski definition) is 0. The number of Topliss-reactive ketones (excluding diaryl/α,β-unsaturated/α-hetero) is 1. The molecule has 1 aliphatic heterocycles. The largest absolute Gasteiger partial charge is 0.381 e. The maximum absolute atomic E-state index is 13.8. The Bertz CT molecular complexity index is 461. The van der Waals surface area contributed by atoms with Crippen LogP contribution < -0.4 is 0 Å². The molecular weight excluding hydrogens is 219 g/mol. The van der Waals surface area contributed by atoms with Gasteiger partial charge in [-0.05, 0) is 36.5 Å². The topological polar surface area (TPSA) is 26.3 Å². The third-order valence-electron chi connectivity index (χ3n) is 4.12. The summed E-state index contributed by atoms with van der Waals surface area (Å²) in [4.78, 5) is 12.3.